The second kappa shape index (κ2) is 6.78. The highest BCUT2D eigenvalue weighted by atomic mass is 16.1. The summed E-state index contributed by atoms with van der Waals surface area (Å²) in [6, 6.07) is 1.79. The average Bonchev–Trinajstić information content (AvgIpc) is 2.34. The normalized spacial score (nSPS) is 10.8. The van der Waals surface area contributed by atoms with E-state index in [0.29, 0.717) is 18.5 Å². The quantitative estimate of drug-likeness (QED) is 0.625. The van der Waals surface area contributed by atoms with Gasteiger partial charge in [-0.15, -0.1) is 0 Å². The molecule has 17 heavy (non-hydrogen) atoms. The van der Waals surface area contributed by atoms with Gasteiger partial charge in [0.1, 0.15) is 0 Å². The van der Waals surface area contributed by atoms with Gasteiger partial charge in [0.05, 0.1) is 17.0 Å². The highest BCUT2D eigenvalue weighted by Crippen LogP contribution is 2.07. The Morgan fingerprint density at radius 2 is 2.24 bits per heavy atom. The molecule has 0 radical (unpaired) electrons. The van der Waals surface area contributed by atoms with Crippen molar-refractivity contribution < 1.29 is 4.79 Å². The monoisotopic (exact) mass is 233 g/mol. The van der Waals surface area contributed by atoms with Crippen molar-refractivity contribution in [3.8, 4) is 0 Å². The minimum Gasteiger partial charge on any atom is -0.352 e. The van der Waals surface area contributed by atoms with Crippen molar-refractivity contribution in [2.45, 2.75) is 33.6 Å². The van der Waals surface area contributed by atoms with E-state index in [1.54, 1.807) is 6.07 Å². The summed E-state index contributed by atoms with van der Waals surface area (Å²) in [4.78, 5) is 11.9. The number of nitrogens with one attached hydrogen (secondary N) is 1. The Balaban J connectivity index is 2.70. The van der Waals surface area contributed by atoms with Crippen LogP contribution < -0.4 is 5.32 Å². The van der Waals surface area contributed by atoms with Crippen LogP contribution in [0.5, 0.6) is 0 Å². The van der Waals surface area contributed by atoms with Crippen LogP contribution >= 0.6 is 0 Å². The number of carbonyl (C=O) groups excluding carboxylic acids is 1. The lowest BCUT2D eigenvalue weighted by atomic mass is 10.1. The molecule has 0 atom stereocenters. The van der Waals surface area contributed by atoms with Crippen LogP contribution in [0.25, 0.3) is 0 Å². The first-order valence-corrected chi connectivity index (χ1v) is 5.91. The summed E-state index contributed by atoms with van der Waals surface area (Å²) in [5, 5.41) is 10.9. The van der Waals surface area contributed by atoms with Crippen LogP contribution in [0.2, 0.25) is 0 Å². The van der Waals surface area contributed by atoms with E-state index < -0.39 is 0 Å². The van der Waals surface area contributed by atoms with Gasteiger partial charge >= 0.3 is 0 Å². The maximum absolute atomic E-state index is 11.9. The molecule has 0 saturated carbocycles. The van der Waals surface area contributed by atoms with Crippen LogP contribution in [0.15, 0.2) is 18.2 Å². The molecule has 1 aromatic rings. The maximum Gasteiger partial charge on any atom is 0.253 e. The molecule has 1 aromatic heterocycles. The number of allylic oxidation sites excluding steroid dienone is 1. The zero-order valence-electron chi connectivity index (χ0n) is 10.7. The van der Waals surface area contributed by atoms with E-state index >= 15 is 0 Å². The number of rotatable bonds is 5. The van der Waals surface area contributed by atoms with Crippen LogP contribution in [-0.4, -0.2) is 22.6 Å². The number of nitrogens with zero attached hydrogens (tertiary/aromatic N) is 2. The summed E-state index contributed by atoms with van der Waals surface area (Å²) < 4.78 is 0. The van der Waals surface area contributed by atoms with Gasteiger partial charge in [0.25, 0.3) is 5.91 Å². The molecule has 0 saturated heterocycles. The van der Waals surface area contributed by atoms with Gasteiger partial charge in [0.2, 0.25) is 0 Å². The van der Waals surface area contributed by atoms with Crippen LogP contribution in [0.3, 0.4) is 0 Å². The molecule has 0 aliphatic carbocycles. The summed E-state index contributed by atoms with van der Waals surface area (Å²) in [7, 11) is 0. The molecular formula is C13H19N3O. The van der Waals surface area contributed by atoms with Crippen LogP contribution in [-0.2, 0) is 6.42 Å². The summed E-state index contributed by atoms with van der Waals surface area (Å²) in [6.45, 7) is 6.42. The van der Waals surface area contributed by atoms with Gasteiger partial charge in [-0.2, -0.15) is 10.2 Å². The molecule has 1 heterocycles. The first-order valence-electron chi connectivity index (χ1n) is 5.91. The standard InChI is InChI=1S/C13H19N3O/c1-4-6-7-8-14-13(17)11-9-10(3)15-16-12(11)5-2/h4,6,9H,5,7-8H2,1-3H3,(H,14,17)/b6-4+. The van der Waals surface area contributed by atoms with E-state index in [1.807, 2.05) is 32.9 Å². The van der Waals surface area contributed by atoms with Crippen molar-refractivity contribution in [1.29, 1.82) is 0 Å². The molecule has 0 spiro atoms. The molecular weight excluding hydrogens is 214 g/mol. The van der Waals surface area contributed by atoms with E-state index in [4.69, 9.17) is 0 Å². The van der Waals surface area contributed by atoms with Gasteiger partial charge in [0, 0.05) is 6.54 Å². The van der Waals surface area contributed by atoms with Gasteiger partial charge < -0.3 is 5.32 Å². The van der Waals surface area contributed by atoms with Gasteiger partial charge in [-0.05, 0) is 32.8 Å². The third-order valence-corrected chi connectivity index (χ3v) is 2.40. The number of carbonyl (C=O) groups is 1. The molecule has 0 fully saturated rings. The Labute approximate surface area is 102 Å². The van der Waals surface area contributed by atoms with Gasteiger partial charge in [0.15, 0.2) is 0 Å². The first-order chi connectivity index (χ1) is 8.19. The molecule has 92 valence electrons. The molecule has 0 aliphatic heterocycles. The lowest BCUT2D eigenvalue weighted by Gasteiger charge is -2.07. The molecule has 0 unspecified atom stereocenters. The second-order valence-corrected chi connectivity index (χ2v) is 3.81. The van der Waals surface area contributed by atoms with Crippen molar-refractivity contribution in [2.75, 3.05) is 6.54 Å². The van der Waals surface area contributed by atoms with E-state index in [1.165, 1.54) is 0 Å². The molecule has 0 bridgehead atoms. The predicted molar refractivity (Wildman–Crippen MR) is 67.9 cm³/mol. The number of hydrogen-bond acceptors (Lipinski definition) is 3. The van der Waals surface area contributed by atoms with Crippen LogP contribution in [0.4, 0.5) is 0 Å². The largest absolute Gasteiger partial charge is 0.352 e. The van der Waals surface area contributed by atoms with Crippen molar-refractivity contribution in [3.05, 3.63) is 35.2 Å². The lowest BCUT2D eigenvalue weighted by Crippen LogP contribution is -2.26. The zero-order chi connectivity index (χ0) is 12.7. The number of amides is 1. The lowest BCUT2D eigenvalue weighted by molar-refractivity contribution is 0.0952. The molecule has 0 aromatic carbocycles. The number of aryl methyl sites for hydroxylation is 2. The Morgan fingerprint density at radius 3 is 2.88 bits per heavy atom. The molecule has 1 N–H and O–H groups in total. The number of hydrogen-bond donors (Lipinski definition) is 1. The highest BCUT2D eigenvalue weighted by Gasteiger charge is 2.11. The fraction of sp³-hybridized carbons (Fsp3) is 0.462. The second-order valence-electron chi connectivity index (χ2n) is 3.81. The summed E-state index contributed by atoms with van der Waals surface area (Å²) in [5.41, 5.74) is 2.15. The third-order valence-electron chi connectivity index (χ3n) is 2.40. The summed E-state index contributed by atoms with van der Waals surface area (Å²) in [5.74, 6) is -0.0654. The van der Waals surface area contributed by atoms with Crippen molar-refractivity contribution in [2.24, 2.45) is 0 Å². The average molecular weight is 233 g/mol. The molecule has 1 rings (SSSR count). The SMILES string of the molecule is C/C=C/CCNC(=O)c1cc(C)nnc1CC. The van der Waals surface area contributed by atoms with E-state index in [2.05, 4.69) is 15.5 Å². The minimum absolute atomic E-state index is 0.0654. The Hall–Kier alpha value is -1.71. The maximum atomic E-state index is 11.9. The molecule has 4 nitrogen and oxygen atoms in total. The van der Waals surface area contributed by atoms with Gasteiger partial charge in [-0.25, -0.2) is 0 Å². The Morgan fingerprint density at radius 1 is 1.47 bits per heavy atom. The summed E-state index contributed by atoms with van der Waals surface area (Å²) in [6.07, 6.45) is 5.56. The fourth-order valence-corrected chi connectivity index (χ4v) is 1.50. The van der Waals surface area contributed by atoms with E-state index in [9.17, 15) is 4.79 Å². The zero-order valence-corrected chi connectivity index (χ0v) is 10.7. The molecule has 1 amide bonds. The molecule has 0 aliphatic rings. The van der Waals surface area contributed by atoms with Crippen LogP contribution in [0, 0.1) is 6.92 Å². The van der Waals surface area contributed by atoms with E-state index in [-0.39, 0.29) is 5.91 Å². The van der Waals surface area contributed by atoms with Crippen molar-refractivity contribution in [3.63, 3.8) is 0 Å². The molecule has 4 heteroatoms. The van der Waals surface area contributed by atoms with Crippen molar-refractivity contribution >= 4 is 5.91 Å². The number of aromatic nitrogens is 2. The fourth-order valence-electron chi connectivity index (χ4n) is 1.50. The van der Waals surface area contributed by atoms with Gasteiger partial charge in [-0.3, -0.25) is 4.79 Å². The third kappa shape index (κ3) is 3.98. The highest BCUT2D eigenvalue weighted by molar-refractivity contribution is 5.95. The Bertz CT molecular complexity index is 413. The predicted octanol–water partition coefficient (Wildman–Crippen LogP) is 2.04. The van der Waals surface area contributed by atoms with Crippen molar-refractivity contribution in [1.82, 2.24) is 15.5 Å². The van der Waals surface area contributed by atoms with E-state index in [0.717, 1.165) is 17.8 Å². The first kappa shape index (κ1) is 13.4. The van der Waals surface area contributed by atoms with Gasteiger partial charge in [-0.1, -0.05) is 19.1 Å². The topological polar surface area (TPSA) is 54.9 Å². The smallest absolute Gasteiger partial charge is 0.253 e. The summed E-state index contributed by atoms with van der Waals surface area (Å²) >= 11 is 0. The van der Waals surface area contributed by atoms with Crippen LogP contribution in [0.1, 0.15) is 42.0 Å². The Kier molecular flexibility index (Phi) is 5.33. The minimum atomic E-state index is -0.0654.